The molecule has 116 valence electrons. The predicted octanol–water partition coefficient (Wildman–Crippen LogP) is 2.04. The van der Waals surface area contributed by atoms with Crippen molar-refractivity contribution in [3.05, 3.63) is 23.8 Å². The molecule has 0 saturated carbocycles. The molecule has 0 aromatic heterocycles. The number of rotatable bonds is 7. The van der Waals surface area contributed by atoms with Crippen molar-refractivity contribution < 1.29 is 19.5 Å². The van der Waals surface area contributed by atoms with Crippen LogP contribution in [0.4, 0.5) is 0 Å². The van der Waals surface area contributed by atoms with Crippen molar-refractivity contribution in [2.45, 2.75) is 20.8 Å². The van der Waals surface area contributed by atoms with E-state index in [1.165, 1.54) is 7.11 Å². The van der Waals surface area contributed by atoms with Gasteiger partial charge < -0.3 is 20.0 Å². The second-order valence-corrected chi connectivity index (χ2v) is 5.04. The highest BCUT2D eigenvalue weighted by Gasteiger charge is 2.10. The molecule has 1 amide bonds. The highest BCUT2D eigenvalue weighted by molar-refractivity contribution is 5.98. The molecule has 1 rings (SSSR count). The summed E-state index contributed by atoms with van der Waals surface area (Å²) in [4.78, 5) is 11.6. The molecule has 0 radical (unpaired) electrons. The number of hydrogen-bond acceptors (Lipinski definition) is 5. The van der Waals surface area contributed by atoms with Crippen LogP contribution in [0, 0.1) is 5.92 Å². The van der Waals surface area contributed by atoms with Crippen LogP contribution in [0.3, 0.4) is 0 Å². The lowest BCUT2D eigenvalue weighted by Gasteiger charge is -2.12. The van der Waals surface area contributed by atoms with Gasteiger partial charge in [0.15, 0.2) is 18.1 Å². The molecule has 0 fully saturated rings. The van der Waals surface area contributed by atoms with E-state index >= 15 is 0 Å². The molecule has 1 aromatic rings. The number of amides is 1. The Labute approximate surface area is 124 Å². The van der Waals surface area contributed by atoms with Crippen molar-refractivity contribution in [1.82, 2.24) is 5.32 Å². The quantitative estimate of drug-likeness (QED) is 0.458. The number of carbonyl (C=O) groups excluding carboxylic acids is 1. The number of nitrogens with one attached hydrogen (secondary N) is 1. The summed E-state index contributed by atoms with van der Waals surface area (Å²) in [5.74, 6) is 1.16. The van der Waals surface area contributed by atoms with E-state index in [-0.39, 0.29) is 12.5 Å². The summed E-state index contributed by atoms with van der Waals surface area (Å²) >= 11 is 0. The molecule has 0 unspecified atom stereocenters. The summed E-state index contributed by atoms with van der Waals surface area (Å²) in [7, 11) is 1.51. The zero-order valence-corrected chi connectivity index (χ0v) is 12.8. The monoisotopic (exact) mass is 294 g/mol. The molecule has 6 heteroatoms. The minimum atomic E-state index is -0.178. The van der Waals surface area contributed by atoms with E-state index in [1.54, 1.807) is 25.1 Å². The summed E-state index contributed by atoms with van der Waals surface area (Å²) in [6.45, 7) is 6.26. The number of ether oxygens (including phenoxy) is 2. The van der Waals surface area contributed by atoms with Crippen LogP contribution in [0.5, 0.6) is 11.5 Å². The smallest absolute Gasteiger partial charge is 0.257 e. The van der Waals surface area contributed by atoms with Crippen molar-refractivity contribution in [3.8, 4) is 11.5 Å². The van der Waals surface area contributed by atoms with Gasteiger partial charge in [0, 0.05) is 12.1 Å². The third-order valence-corrected chi connectivity index (χ3v) is 2.80. The molecule has 0 aliphatic rings. The minimum Gasteiger partial charge on any atom is -0.493 e. The summed E-state index contributed by atoms with van der Waals surface area (Å²) < 4.78 is 10.7. The molecule has 0 heterocycles. The molecule has 1 aromatic carbocycles. The van der Waals surface area contributed by atoms with Gasteiger partial charge in [0.05, 0.1) is 12.8 Å². The van der Waals surface area contributed by atoms with Gasteiger partial charge >= 0.3 is 0 Å². The summed E-state index contributed by atoms with van der Waals surface area (Å²) in [5.41, 5.74) is 1.18. The van der Waals surface area contributed by atoms with E-state index in [2.05, 4.69) is 10.5 Å². The maximum absolute atomic E-state index is 11.6. The molecular weight excluding hydrogens is 272 g/mol. The largest absolute Gasteiger partial charge is 0.493 e. The van der Waals surface area contributed by atoms with Gasteiger partial charge in [-0.2, -0.15) is 0 Å². The van der Waals surface area contributed by atoms with Crippen molar-refractivity contribution in [1.29, 1.82) is 0 Å². The van der Waals surface area contributed by atoms with E-state index < -0.39 is 0 Å². The maximum atomic E-state index is 11.6. The van der Waals surface area contributed by atoms with E-state index in [0.717, 1.165) is 0 Å². The van der Waals surface area contributed by atoms with Gasteiger partial charge in [0.1, 0.15) is 0 Å². The van der Waals surface area contributed by atoms with E-state index in [1.807, 2.05) is 13.8 Å². The van der Waals surface area contributed by atoms with E-state index in [0.29, 0.717) is 35.2 Å². The lowest BCUT2D eigenvalue weighted by atomic mass is 10.1. The van der Waals surface area contributed by atoms with E-state index in [9.17, 15) is 4.79 Å². The Kier molecular flexibility index (Phi) is 6.52. The minimum absolute atomic E-state index is 0.0739. The number of nitrogens with zero attached hydrogens (tertiary/aromatic N) is 1. The van der Waals surface area contributed by atoms with Gasteiger partial charge in [-0.25, -0.2) is 0 Å². The molecule has 2 N–H and O–H groups in total. The number of benzene rings is 1. The standard InChI is InChI=1S/C15H22N2O4/c1-10(2)8-16-15(18)9-21-13-6-5-12(11(3)17-19)7-14(13)20-4/h5-7,10,19H,8-9H2,1-4H3,(H,16,18)/b17-11+. The molecule has 21 heavy (non-hydrogen) atoms. The average Bonchev–Trinajstić information content (AvgIpc) is 2.49. The van der Waals surface area contributed by atoms with Crippen LogP contribution < -0.4 is 14.8 Å². The molecule has 0 atom stereocenters. The van der Waals surface area contributed by atoms with Gasteiger partial charge in [0.2, 0.25) is 0 Å². The summed E-state index contributed by atoms with van der Waals surface area (Å²) in [6.07, 6.45) is 0. The Morgan fingerprint density at radius 2 is 2.10 bits per heavy atom. The number of oxime groups is 1. The molecule has 0 aliphatic carbocycles. The Morgan fingerprint density at radius 3 is 2.67 bits per heavy atom. The predicted molar refractivity (Wildman–Crippen MR) is 80.3 cm³/mol. The molecule has 0 bridgehead atoms. The Balaban J connectivity index is 2.69. The molecular formula is C15H22N2O4. The first-order valence-corrected chi connectivity index (χ1v) is 6.74. The van der Waals surface area contributed by atoms with Crippen molar-refractivity contribution >= 4 is 11.6 Å². The fourth-order valence-electron chi connectivity index (χ4n) is 1.58. The Bertz CT molecular complexity index is 512. The maximum Gasteiger partial charge on any atom is 0.257 e. The Hall–Kier alpha value is -2.24. The van der Waals surface area contributed by atoms with Crippen LogP contribution in [0.25, 0.3) is 0 Å². The normalized spacial score (nSPS) is 11.4. The topological polar surface area (TPSA) is 80.2 Å². The van der Waals surface area contributed by atoms with Crippen LogP contribution in [-0.4, -0.2) is 37.1 Å². The van der Waals surface area contributed by atoms with Crippen molar-refractivity contribution in [3.63, 3.8) is 0 Å². The number of methoxy groups -OCH3 is 1. The van der Waals surface area contributed by atoms with Gasteiger partial charge in [-0.05, 0) is 31.0 Å². The van der Waals surface area contributed by atoms with Crippen LogP contribution in [0.1, 0.15) is 26.3 Å². The fraction of sp³-hybridized carbons (Fsp3) is 0.467. The molecule has 0 aliphatic heterocycles. The zero-order chi connectivity index (χ0) is 15.8. The highest BCUT2D eigenvalue weighted by Crippen LogP contribution is 2.28. The summed E-state index contributed by atoms with van der Waals surface area (Å²) in [6, 6.07) is 5.11. The van der Waals surface area contributed by atoms with Crippen LogP contribution in [0.2, 0.25) is 0 Å². The SMILES string of the molecule is COc1cc(/C(C)=N/O)ccc1OCC(=O)NCC(C)C. The van der Waals surface area contributed by atoms with E-state index in [4.69, 9.17) is 14.7 Å². The lowest BCUT2D eigenvalue weighted by molar-refractivity contribution is -0.123. The average molecular weight is 294 g/mol. The van der Waals surface area contributed by atoms with Crippen molar-refractivity contribution in [2.75, 3.05) is 20.3 Å². The first kappa shape index (κ1) is 16.8. The molecule has 6 nitrogen and oxygen atoms in total. The zero-order valence-electron chi connectivity index (χ0n) is 12.8. The van der Waals surface area contributed by atoms with Gasteiger partial charge in [-0.3, -0.25) is 4.79 Å². The summed E-state index contributed by atoms with van der Waals surface area (Å²) in [5, 5.41) is 14.7. The van der Waals surface area contributed by atoms with Gasteiger partial charge in [-0.1, -0.05) is 19.0 Å². The first-order valence-electron chi connectivity index (χ1n) is 6.74. The van der Waals surface area contributed by atoms with Crippen LogP contribution >= 0.6 is 0 Å². The first-order chi connectivity index (χ1) is 9.97. The highest BCUT2D eigenvalue weighted by atomic mass is 16.5. The van der Waals surface area contributed by atoms with Crippen molar-refractivity contribution in [2.24, 2.45) is 11.1 Å². The fourth-order valence-corrected chi connectivity index (χ4v) is 1.58. The molecule has 0 spiro atoms. The third-order valence-electron chi connectivity index (χ3n) is 2.80. The molecule has 0 saturated heterocycles. The second kappa shape index (κ2) is 8.14. The second-order valence-electron chi connectivity index (χ2n) is 5.04. The number of carbonyl (C=O) groups is 1. The van der Waals surface area contributed by atoms with Gasteiger partial charge in [-0.15, -0.1) is 0 Å². The number of hydrogen-bond donors (Lipinski definition) is 2. The lowest BCUT2D eigenvalue weighted by Crippen LogP contribution is -2.31. The Morgan fingerprint density at radius 1 is 1.38 bits per heavy atom. The van der Waals surface area contributed by atoms with Gasteiger partial charge in [0.25, 0.3) is 5.91 Å². The van der Waals surface area contributed by atoms with Crippen LogP contribution in [0.15, 0.2) is 23.4 Å². The third kappa shape index (κ3) is 5.33. The van der Waals surface area contributed by atoms with Crippen LogP contribution in [-0.2, 0) is 4.79 Å².